The maximum atomic E-state index is 13.6. The Labute approximate surface area is 214 Å². The van der Waals surface area contributed by atoms with Crippen molar-refractivity contribution in [2.45, 2.75) is 45.4 Å². The quantitative estimate of drug-likeness (QED) is 0.306. The minimum atomic E-state index is -0.292. The zero-order valence-electron chi connectivity index (χ0n) is 20.6. The molecule has 3 aromatic carbocycles. The summed E-state index contributed by atoms with van der Waals surface area (Å²) in [6, 6.07) is 25.9. The Morgan fingerprint density at radius 3 is 2.23 bits per heavy atom. The number of rotatable bonds is 8. The molecule has 4 rings (SSSR count). The Morgan fingerprint density at radius 2 is 1.57 bits per heavy atom. The number of nitrogens with zero attached hydrogens (tertiary/aromatic N) is 1. The zero-order chi connectivity index (χ0) is 24.8. The van der Waals surface area contributed by atoms with Crippen LogP contribution in [0.1, 0.15) is 61.4 Å². The summed E-state index contributed by atoms with van der Waals surface area (Å²) in [5.74, 6) is 0.470. The van der Waals surface area contributed by atoms with E-state index in [1.165, 1.54) is 5.56 Å². The van der Waals surface area contributed by atoms with Gasteiger partial charge in [0, 0.05) is 36.0 Å². The SMILES string of the molecule is CC[C@H](C)[C@@H](CC(=O)c1cccc(-c2ccccc2)c1)C(=O)N1CCC(c2ccc(Cl)cc2)CC1. The molecule has 1 aliphatic heterocycles. The Bertz CT molecular complexity index is 1130. The minimum Gasteiger partial charge on any atom is -0.342 e. The van der Waals surface area contributed by atoms with Gasteiger partial charge in [0.05, 0.1) is 0 Å². The number of hydrogen-bond acceptors (Lipinski definition) is 2. The van der Waals surface area contributed by atoms with Crippen molar-refractivity contribution in [2.24, 2.45) is 11.8 Å². The van der Waals surface area contributed by atoms with E-state index in [0.29, 0.717) is 11.5 Å². The van der Waals surface area contributed by atoms with Crippen molar-refractivity contribution in [3.05, 3.63) is 95.0 Å². The van der Waals surface area contributed by atoms with Crippen LogP contribution in [0.15, 0.2) is 78.9 Å². The molecule has 3 nitrogen and oxygen atoms in total. The molecule has 0 radical (unpaired) electrons. The van der Waals surface area contributed by atoms with Gasteiger partial charge in [-0.15, -0.1) is 0 Å². The number of halogens is 1. The number of hydrogen-bond donors (Lipinski definition) is 0. The molecule has 1 amide bonds. The molecule has 0 aliphatic carbocycles. The summed E-state index contributed by atoms with van der Waals surface area (Å²) in [6.45, 7) is 5.66. The average molecular weight is 488 g/mol. The number of Topliss-reactive ketones (excluding diaryl/α,β-unsaturated/α-hetero) is 1. The van der Waals surface area contributed by atoms with Gasteiger partial charge in [0.25, 0.3) is 0 Å². The highest BCUT2D eigenvalue weighted by Crippen LogP contribution is 2.32. The predicted molar refractivity (Wildman–Crippen MR) is 144 cm³/mol. The van der Waals surface area contributed by atoms with Gasteiger partial charge in [-0.25, -0.2) is 0 Å². The molecule has 1 heterocycles. The second-order valence-corrected chi connectivity index (χ2v) is 10.2. The maximum absolute atomic E-state index is 13.6. The predicted octanol–water partition coefficient (Wildman–Crippen LogP) is 7.65. The van der Waals surface area contributed by atoms with E-state index in [2.05, 4.69) is 26.0 Å². The number of carbonyl (C=O) groups is 2. The Kier molecular flexibility index (Phi) is 8.41. The van der Waals surface area contributed by atoms with E-state index in [-0.39, 0.29) is 29.9 Å². The summed E-state index contributed by atoms with van der Waals surface area (Å²) in [4.78, 5) is 28.9. The molecule has 0 unspecified atom stereocenters. The van der Waals surface area contributed by atoms with Gasteiger partial charge in [-0.05, 0) is 59.6 Å². The molecule has 4 heteroatoms. The van der Waals surface area contributed by atoms with Crippen LogP contribution in [0.5, 0.6) is 0 Å². The summed E-state index contributed by atoms with van der Waals surface area (Å²) in [7, 11) is 0. The van der Waals surface area contributed by atoms with Gasteiger partial charge in [0.2, 0.25) is 5.91 Å². The van der Waals surface area contributed by atoms with Crippen LogP contribution < -0.4 is 0 Å². The lowest BCUT2D eigenvalue weighted by atomic mass is 9.83. The lowest BCUT2D eigenvalue weighted by Gasteiger charge is -2.35. The van der Waals surface area contributed by atoms with Crippen LogP contribution in [0.25, 0.3) is 11.1 Å². The van der Waals surface area contributed by atoms with Crippen molar-refractivity contribution in [1.82, 2.24) is 4.90 Å². The average Bonchev–Trinajstić information content (AvgIpc) is 2.92. The molecule has 1 aliphatic rings. The molecule has 0 N–H and O–H groups in total. The molecule has 3 aromatic rings. The number of likely N-dealkylation sites (tertiary alicyclic amines) is 1. The third kappa shape index (κ3) is 6.21. The first-order chi connectivity index (χ1) is 17.0. The van der Waals surface area contributed by atoms with E-state index in [0.717, 1.165) is 48.5 Å². The van der Waals surface area contributed by atoms with E-state index in [1.54, 1.807) is 0 Å². The van der Waals surface area contributed by atoms with Gasteiger partial charge in [-0.2, -0.15) is 0 Å². The number of benzene rings is 3. The first-order valence-corrected chi connectivity index (χ1v) is 13.1. The molecule has 35 heavy (non-hydrogen) atoms. The third-order valence-electron chi connectivity index (χ3n) is 7.49. The normalized spacial score (nSPS) is 16.0. The summed E-state index contributed by atoms with van der Waals surface area (Å²) in [6.07, 6.45) is 3.00. The zero-order valence-corrected chi connectivity index (χ0v) is 21.4. The summed E-state index contributed by atoms with van der Waals surface area (Å²) in [5.41, 5.74) is 4.06. The molecule has 0 aromatic heterocycles. The van der Waals surface area contributed by atoms with E-state index < -0.39 is 0 Å². The lowest BCUT2D eigenvalue weighted by Crippen LogP contribution is -2.43. The second kappa shape index (κ2) is 11.7. The van der Waals surface area contributed by atoms with Crippen molar-refractivity contribution in [3.8, 4) is 11.1 Å². The monoisotopic (exact) mass is 487 g/mol. The Hall–Kier alpha value is -2.91. The van der Waals surface area contributed by atoms with Crippen LogP contribution in [0.2, 0.25) is 5.02 Å². The fourth-order valence-electron chi connectivity index (χ4n) is 5.04. The van der Waals surface area contributed by atoms with Crippen molar-refractivity contribution in [3.63, 3.8) is 0 Å². The summed E-state index contributed by atoms with van der Waals surface area (Å²) < 4.78 is 0. The Balaban J connectivity index is 1.43. The highest BCUT2D eigenvalue weighted by molar-refractivity contribution is 6.30. The van der Waals surface area contributed by atoms with Gasteiger partial charge in [0.15, 0.2) is 5.78 Å². The second-order valence-electron chi connectivity index (χ2n) is 9.72. The van der Waals surface area contributed by atoms with Crippen LogP contribution in [0.4, 0.5) is 0 Å². The van der Waals surface area contributed by atoms with Crippen molar-refractivity contribution < 1.29 is 9.59 Å². The van der Waals surface area contributed by atoms with E-state index in [1.807, 2.05) is 71.6 Å². The van der Waals surface area contributed by atoms with E-state index in [9.17, 15) is 9.59 Å². The van der Waals surface area contributed by atoms with Crippen LogP contribution in [0.3, 0.4) is 0 Å². The molecule has 0 bridgehead atoms. The smallest absolute Gasteiger partial charge is 0.226 e. The largest absolute Gasteiger partial charge is 0.342 e. The number of piperidine rings is 1. The maximum Gasteiger partial charge on any atom is 0.226 e. The number of ketones is 1. The molecule has 1 saturated heterocycles. The van der Waals surface area contributed by atoms with Gasteiger partial charge in [0.1, 0.15) is 0 Å². The fourth-order valence-corrected chi connectivity index (χ4v) is 5.17. The molecular weight excluding hydrogens is 454 g/mol. The van der Waals surface area contributed by atoms with Gasteiger partial charge >= 0.3 is 0 Å². The van der Waals surface area contributed by atoms with Crippen molar-refractivity contribution in [2.75, 3.05) is 13.1 Å². The highest BCUT2D eigenvalue weighted by atomic mass is 35.5. The molecule has 182 valence electrons. The number of amides is 1. The topological polar surface area (TPSA) is 37.4 Å². The van der Waals surface area contributed by atoms with Crippen molar-refractivity contribution >= 4 is 23.3 Å². The molecule has 0 saturated carbocycles. The van der Waals surface area contributed by atoms with Gasteiger partial charge < -0.3 is 4.90 Å². The van der Waals surface area contributed by atoms with Crippen LogP contribution in [0, 0.1) is 11.8 Å². The van der Waals surface area contributed by atoms with E-state index in [4.69, 9.17) is 11.6 Å². The first-order valence-electron chi connectivity index (χ1n) is 12.7. The summed E-state index contributed by atoms with van der Waals surface area (Å²) >= 11 is 6.04. The molecular formula is C31H34ClNO2. The van der Waals surface area contributed by atoms with Crippen molar-refractivity contribution in [1.29, 1.82) is 0 Å². The standard InChI is InChI=1S/C31H34ClNO2/c1-3-22(2)29(21-30(34)27-11-7-10-26(20-27)23-8-5-4-6-9-23)31(35)33-18-16-25(17-19-33)24-12-14-28(32)15-13-24/h4-15,20,22,25,29H,3,16-19,21H2,1-2H3/t22-,29+/m0/s1. The minimum absolute atomic E-state index is 0.0393. The van der Waals surface area contributed by atoms with Gasteiger partial charge in [-0.1, -0.05) is 92.5 Å². The lowest BCUT2D eigenvalue weighted by molar-refractivity contribution is -0.138. The highest BCUT2D eigenvalue weighted by Gasteiger charge is 2.33. The van der Waals surface area contributed by atoms with Crippen LogP contribution in [-0.4, -0.2) is 29.7 Å². The first kappa shape index (κ1) is 25.2. The van der Waals surface area contributed by atoms with Crippen LogP contribution >= 0.6 is 11.6 Å². The fraction of sp³-hybridized carbons (Fsp3) is 0.355. The number of carbonyl (C=O) groups excluding carboxylic acids is 2. The Morgan fingerprint density at radius 1 is 0.914 bits per heavy atom. The van der Waals surface area contributed by atoms with Crippen LogP contribution in [-0.2, 0) is 4.79 Å². The molecule has 0 spiro atoms. The third-order valence-corrected chi connectivity index (χ3v) is 7.75. The van der Waals surface area contributed by atoms with Gasteiger partial charge in [-0.3, -0.25) is 9.59 Å². The summed E-state index contributed by atoms with van der Waals surface area (Å²) in [5, 5.41) is 0.747. The molecule has 2 atom stereocenters. The van der Waals surface area contributed by atoms with E-state index >= 15 is 0 Å². The molecule has 1 fully saturated rings.